The Hall–Kier alpha value is -1.82. The molecule has 0 aliphatic carbocycles. The quantitative estimate of drug-likeness (QED) is 0.741. The maximum Gasteiger partial charge on any atom is 0.166 e. The van der Waals surface area contributed by atoms with Gasteiger partial charge in [-0.15, -0.1) is 0 Å². The molecule has 3 heteroatoms. The Bertz CT molecular complexity index is 379. The zero-order chi connectivity index (χ0) is 10.6. The number of hydrogen-bond donors (Lipinski definition) is 1. The summed E-state index contributed by atoms with van der Waals surface area (Å²) in [5.74, 6) is -0.357. The van der Waals surface area contributed by atoms with Crippen molar-refractivity contribution in [1.29, 1.82) is 5.26 Å². The van der Waals surface area contributed by atoms with Gasteiger partial charge in [0.25, 0.3) is 0 Å². The lowest BCUT2D eigenvalue weighted by molar-refractivity contribution is 0.0931. The molecule has 0 saturated carbocycles. The van der Waals surface area contributed by atoms with Gasteiger partial charge in [-0.2, -0.15) is 5.26 Å². The SMILES string of the molecule is CC(CC#N)C(=O)c1cccc(O)c1. The molecule has 1 unspecified atom stereocenters. The van der Waals surface area contributed by atoms with Crippen LogP contribution < -0.4 is 0 Å². The van der Waals surface area contributed by atoms with Crippen LogP contribution in [-0.2, 0) is 0 Å². The molecule has 0 spiro atoms. The zero-order valence-corrected chi connectivity index (χ0v) is 7.90. The number of Topliss-reactive ketones (excluding diaryl/α,β-unsaturated/α-hetero) is 1. The minimum atomic E-state index is -0.318. The van der Waals surface area contributed by atoms with Crippen LogP contribution in [0.15, 0.2) is 24.3 Å². The first-order valence-corrected chi connectivity index (χ1v) is 4.35. The van der Waals surface area contributed by atoms with Gasteiger partial charge in [0, 0.05) is 17.9 Å². The predicted octanol–water partition coefficient (Wildman–Crippen LogP) is 2.12. The van der Waals surface area contributed by atoms with Crippen LogP contribution in [-0.4, -0.2) is 10.9 Å². The molecule has 0 amide bonds. The average molecular weight is 189 g/mol. The van der Waals surface area contributed by atoms with Gasteiger partial charge in [-0.05, 0) is 12.1 Å². The highest BCUT2D eigenvalue weighted by Gasteiger charge is 2.14. The van der Waals surface area contributed by atoms with Gasteiger partial charge in [-0.25, -0.2) is 0 Å². The fraction of sp³-hybridized carbons (Fsp3) is 0.273. The number of ketones is 1. The number of carbonyl (C=O) groups is 1. The van der Waals surface area contributed by atoms with Crippen LogP contribution in [0.3, 0.4) is 0 Å². The summed E-state index contributed by atoms with van der Waals surface area (Å²) in [6.07, 6.45) is 0.203. The van der Waals surface area contributed by atoms with E-state index in [0.717, 1.165) is 0 Å². The van der Waals surface area contributed by atoms with Crippen molar-refractivity contribution in [2.45, 2.75) is 13.3 Å². The fourth-order valence-electron chi connectivity index (χ4n) is 1.17. The second-order valence-electron chi connectivity index (χ2n) is 3.18. The molecule has 1 aromatic carbocycles. The Morgan fingerprint density at radius 2 is 2.36 bits per heavy atom. The van der Waals surface area contributed by atoms with E-state index in [0.29, 0.717) is 5.56 Å². The Balaban J connectivity index is 2.85. The van der Waals surface area contributed by atoms with Crippen molar-refractivity contribution in [2.75, 3.05) is 0 Å². The lowest BCUT2D eigenvalue weighted by Crippen LogP contribution is -2.10. The van der Waals surface area contributed by atoms with Gasteiger partial charge in [0.05, 0.1) is 6.07 Å². The zero-order valence-electron chi connectivity index (χ0n) is 7.90. The fourth-order valence-corrected chi connectivity index (χ4v) is 1.17. The van der Waals surface area contributed by atoms with E-state index in [1.165, 1.54) is 12.1 Å². The number of phenols is 1. The summed E-state index contributed by atoms with van der Waals surface area (Å²) in [6.45, 7) is 1.70. The van der Waals surface area contributed by atoms with E-state index in [2.05, 4.69) is 0 Å². The van der Waals surface area contributed by atoms with Gasteiger partial charge in [0.2, 0.25) is 0 Å². The highest BCUT2D eigenvalue weighted by molar-refractivity contribution is 5.98. The summed E-state index contributed by atoms with van der Waals surface area (Å²) >= 11 is 0. The molecule has 3 nitrogen and oxygen atoms in total. The predicted molar refractivity (Wildman–Crippen MR) is 51.8 cm³/mol. The average Bonchev–Trinajstić information content (AvgIpc) is 2.17. The molecule has 0 fully saturated rings. The molecule has 0 aromatic heterocycles. The molecule has 0 radical (unpaired) electrons. The van der Waals surface area contributed by atoms with Crippen LogP contribution in [0.2, 0.25) is 0 Å². The summed E-state index contributed by atoms with van der Waals surface area (Å²) < 4.78 is 0. The number of carbonyl (C=O) groups excluding carboxylic acids is 1. The summed E-state index contributed by atoms with van der Waals surface area (Å²) in [5, 5.41) is 17.6. The Morgan fingerprint density at radius 3 is 2.93 bits per heavy atom. The smallest absolute Gasteiger partial charge is 0.166 e. The second kappa shape index (κ2) is 4.43. The van der Waals surface area contributed by atoms with E-state index >= 15 is 0 Å². The molecule has 0 aliphatic rings. The lowest BCUT2D eigenvalue weighted by atomic mass is 9.97. The lowest BCUT2D eigenvalue weighted by Gasteiger charge is -2.05. The Morgan fingerprint density at radius 1 is 1.64 bits per heavy atom. The molecule has 0 bridgehead atoms. The number of rotatable bonds is 3. The van der Waals surface area contributed by atoms with Crippen LogP contribution in [0.1, 0.15) is 23.7 Å². The number of nitriles is 1. The first-order chi connectivity index (χ1) is 6.65. The minimum Gasteiger partial charge on any atom is -0.508 e. The molecule has 1 N–H and O–H groups in total. The molecule has 0 saturated heterocycles. The molecule has 14 heavy (non-hydrogen) atoms. The third kappa shape index (κ3) is 2.33. The van der Waals surface area contributed by atoms with Crippen LogP contribution in [0.4, 0.5) is 0 Å². The second-order valence-corrected chi connectivity index (χ2v) is 3.18. The van der Waals surface area contributed by atoms with Crippen molar-refractivity contribution in [1.82, 2.24) is 0 Å². The molecular weight excluding hydrogens is 178 g/mol. The third-order valence-electron chi connectivity index (χ3n) is 1.98. The largest absolute Gasteiger partial charge is 0.508 e. The van der Waals surface area contributed by atoms with Gasteiger partial charge >= 0.3 is 0 Å². The van der Waals surface area contributed by atoms with Crippen LogP contribution in [0, 0.1) is 17.2 Å². The van der Waals surface area contributed by atoms with Crippen molar-refractivity contribution < 1.29 is 9.90 Å². The molecular formula is C11H11NO2. The topological polar surface area (TPSA) is 61.1 Å². The summed E-state index contributed by atoms with van der Waals surface area (Å²) in [4.78, 5) is 11.6. The first kappa shape index (κ1) is 10.3. The number of aromatic hydroxyl groups is 1. The summed E-state index contributed by atoms with van der Waals surface area (Å²) in [6, 6.07) is 8.12. The molecule has 1 atom stereocenters. The molecule has 0 heterocycles. The van der Waals surface area contributed by atoms with E-state index in [4.69, 9.17) is 10.4 Å². The standard InChI is InChI=1S/C11H11NO2/c1-8(5-6-12)11(14)9-3-2-4-10(13)7-9/h2-4,7-8,13H,5H2,1H3. The monoisotopic (exact) mass is 189 g/mol. The number of nitrogens with zero attached hydrogens (tertiary/aromatic N) is 1. The van der Waals surface area contributed by atoms with Crippen molar-refractivity contribution in [3.05, 3.63) is 29.8 Å². The van der Waals surface area contributed by atoms with E-state index in [1.54, 1.807) is 19.1 Å². The number of phenolic OH excluding ortho intramolecular Hbond substituents is 1. The highest BCUT2D eigenvalue weighted by Crippen LogP contribution is 2.16. The molecule has 1 rings (SSSR count). The van der Waals surface area contributed by atoms with E-state index in [-0.39, 0.29) is 23.9 Å². The summed E-state index contributed by atoms with van der Waals surface area (Å²) in [7, 11) is 0. The maximum absolute atomic E-state index is 11.6. The number of benzene rings is 1. The number of hydrogen-bond acceptors (Lipinski definition) is 3. The third-order valence-corrected chi connectivity index (χ3v) is 1.98. The Kier molecular flexibility index (Phi) is 3.24. The van der Waals surface area contributed by atoms with Gasteiger partial charge < -0.3 is 5.11 Å². The molecule has 1 aromatic rings. The summed E-state index contributed by atoms with van der Waals surface area (Å²) in [5.41, 5.74) is 0.452. The van der Waals surface area contributed by atoms with Crippen molar-refractivity contribution in [3.8, 4) is 11.8 Å². The van der Waals surface area contributed by atoms with Crippen molar-refractivity contribution >= 4 is 5.78 Å². The van der Waals surface area contributed by atoms with Crippen LogP contribution in [0.5, 0.6) is 5.75 Å². The van der Waals surface area contributed by atoms with E-state index < -0.39 is 0 Å². The van der Waals surface area contributed by atoms with E-state index in [9.17, 15) is 4.79 Å². The molecule has 72 valence electrons. The van der Waals surface area contributed by atoms with Gasteiger partial charge in [0.15, 0.2) is 5.78 Å². The molecule has 0 aliphatic heterocycles. The van der Waals surface area contributed by atoms with Crippen molar-refractivity contribution in [2.24, 2.45) is 5.92 Å². The van der Waals surface area contributed by atoms with Crippen LogP contribution >= 0.6 is 0 Å². The Labute approximate surface area is 82.6 Å². The van der Waals surface area contributed by atoms with Gasteiger partial charge in [-0.1, -0.05) is 19.1 Å². The van der Waals surface area contributed by atoms with Gasteiger partial charge in [-0.3, -0.25) is 4.79 Å². The van der Waals surface area contributed by atoms with Gasteiger partial charge in [0.1, 0.15) is 5.75 Å². The maximum atomic E-state index is 11.6. The van der Waals surface area contributed by atoms with E-state index in [1.807, 2.05) is 6.07 Å². The normalized spacial score (nSPS) is 11.7. The van der Waals surface area contributed by atoms with Crippen molar-refractivity contribution in [3.63, 3.8) is 0 Å². The van der Waals surface area contributed by atoms with Crippen LogP contribution in [0.25, 0.3) is 0 Å². The highest BCUT2D eigenvalue weighted by atomic mass is 16.3. The first-order valence-electron chi connectivity index (χ1n) is 4.35. The minimum absolute atomic E-state index is 0.0695.